The Morgan fingerprint density at radius 2 is 1.70 bits per heavy atom. The van der Waals surface area contributed by atoms with E-state index in [1.807, 2.05) is 12.1 Å². The fraction of sp³-hybridized carbons (Fsp3) is 0.240. The Balaban J connectivity index is 1.67. The second-order valence-electron chi connectivity index (χ2n) is 7.67. The van der Waals surface area contributed by atoms with Crippen LogP contribution in [0.1, 0.15) is 40.4 Å². The number of nitrogens with one attached hydrogen (secondary N) is 1. The van der Waals surface area contributed by atoms with E-state index < -0.39 is 5.92 Å². The molecule has 0 spiro atoms. The number of ether oxygens (including phenoxy) is 1. The number of halogens is 2. The number of benzene rings is 3. The zero-order chi connectivity index (χ0) is 21.3. The van der Waals surface area contributed by atoms with Gasteiger partial charge >= 0.3 is 0 Å². The first-order valence-corrected chi connectivity index (χ1v) is 9.95. The van der Waals surface area contributed by atoms with Gasteiger partial charge in [0.05, 0.1) is 7.11 Å². The summed E-state index contributed by atoms with van der Waals surface area (Å²) < 4.78 is 32.4. The zero-order valence-corrected chi connectivity index (χ0v) is 17.0. The molecule has 3 aromatic carbocycles. The van der Waals surface area contributed by atoms with E-state index in [2.05, 4.69) is 11.4 Å². The summed E-state index contributed by atoms with van der Waals surface area (Å²) in [6.45, 7) is 0.864. The van der Waals surface area contributed by atoms with Gasteiger partial charge in [-0.3, -0.25) is 4.79 Å². The van der Waals surface area contributed by atoms with Crippen LogP contribution in [0.4, 0.5) is 14.5 Å². The number of carbonyl (C=O) groups excluding carboxylic acids is 1. The molecule has 0 fully saturated rings. The summed E-state index contributed by atoms with van der Waals surface area (Å²) in [5, 5.41) is 2.97. The summed E-state index contributed by atoms with van der Waals surface area (Å²) >= 11 is 0. The van der Waals surface area contributed by atoms with Gasteiger partial charge in [0.2, 0.25) is 0 Å². The van der Waals surface area contributed by atoms with Crippen LogP contribution in [0.3, 0.4) is 0 Å². The lowest BCUT2D eigenvalue weighted by Gasteiger charge is -2.15. The van der Waals surface area contributed by atoms with E-state index in [1.54, 1.807) is 37.4 Å². The Bertz CT molecular complexity index is 1090. The highest BCUT2D eigenvalue weighted by atomic mass is 19.3. The Morgan fingerprint density at radius 1 is 0.967 bits per heavy atom. The van der Waals surface area contributed by atoms with Crippen molar-refractivity contribution in [2.45, 2.75) is 32.1 Å². The van der Waals surface area contributed by atoms with Crippen molar-refractivity contribution in [2.24, 2.45) is 0 Å². The third-order valence-electron chi connectivity index (χ3n) is 5.53. The van der Waals surface area contributed by atoms with Crippen molar-refractivity contribution >= 4 is 11.6 Å². The smallest absolute Gasteiger partial charge is 0.270 e. The molecule has 0 radical (unpaired) electrons. The van der Waals surface area contributed by atoms with Crippen LogP contribution in [0.25, 0.3) is 11.1 Å². The molecule has 1 N–H and O–H groups in total. The molecule has 30 heavy (non-hydrogen) atoms. The monoisotopic (exact) mass is 407 g/mol. The van der Waals surface area contributed by atoms with E-state index in [4.69, 9.17) is 4.74 Å². The Hall–Kier alpha value is -3.21. The number of carbonyl (C=O) groups is 1. The van der Waals surface area contributed by atoms with Crippen molar-refractivity contribution in [3.05, 3.63) is 82.9 Å². The van der Waals surface area contributed by atoms with Crippen molar-refractivity contribution in [3.8, 4) is 16.9 Å². The third kappa shape index (κ3) is 4.06. The molecule has 1 aliphatic carbocycles. The van der Waals surface area contributed by atoms with E-state index in [9.17, 15) is 13.6 Å². The summed E-state index contributed by atoms with van der Waals surface area (Å²) in [5.41, 5.74) is 5.04. The Kier molecular flexibility index (Phi) is 5.29. The predicted octanol–water partition coefficient (Wildman–Crippen LogP) is 6.21. The molecule has 5 heteroatoms. The van der Waals surface area contributed by atoms with Crippen LogP contribution < -0.4 is 10.1 Å². The van der Waals surface area contributed by atoms with Crippen LogP contribution >= 0.6 is 0 Å². The van der Waals surface area contributed by atoms with Crippen molar-refractivity contribution in [1.29, 1.82) is 0 Å². The molecule has 0 saturated carbocycles. The fourth-order valence-electron chi connectivity index (χ4n) is 3.88. The molecule has 0 bridgehead atoms. The summed E-state index contributed by atoms with van der Waals surface area (Å²) in [5.74, 6) is -2.58. The highest BCUT2D eigenvalue weighted by Gasteiger charge is 2.24. The number of fused-ring (bicyclic) bond motifs is 1. The molecule has 0 atom stereocenters. The Morgan fingerprint density at radius 3 is 2.40 bits per heavy atom. The number of aryl methyl sites for hydroxylation is 2. The van der Waals surface area contributed by atoms with Crippen LogP contribution in [0.5, 0.6) is 5.75 Å². The molecule has 0 saturated heterocycles. The van der Waals surface area contributed by atoms with Crippen LogP contribution in [-0.4, -0.2) is 13.0 Å². The van der Waals surface area contributed by atoms with Crippen LogP contribution in [0, 0.1) is 0 Å². The summed E-state index contributed by atoms with van der Waals surface area (Å²) in [6, 6.07) is 17.2. The van der Waals surface area contributed by atoms with E-state index in [0.29, 0.717) is 22.4 Å². The molecule has 0 unspecified atom stereocenters. The standard InChI is InChI=1S/C25H23F2NO2/c1-25(26,27)19-9-6-17(7-10-19)23-15-21(30-2)12-13-22(23)24(29)28-20-11-8-16-4-3-5-18(16)14-20/h6-15H,3-5H2,1-2H3,(H,28,29). The van der Waals surface area contributed by atoms with Gasteiger partial charge < -0.3 is 10.1 Å². The largest absolute Gasteiger partial charge is 0.497 e. The highest BCUT2D eigenvalue weighted by molar-refractivity contribution is 6.09. The maximum Gasteiger partial charge on any atom is 0.270 e. The van der Waals surface area contributed by atoms with Crippen molar-refractivity contribution in [3.63, 3.8) is 0 Å². The molecule has 0 aromatic heterocycles. The van der Waals surface area contributed by atoms with Crippen molar-refractivity contribution in [1.82, 2.24) is 0 Å². The number of alkyl halides is 2. The highest BCUT2D eigenvalue weighted by Crippen LogP contribution is 2.33. The van der Waals surface area contributed by atoms with Crippen molar-refractivity contribution < 1.29 is 18.3 Å². The van der Waals surface area contributed by atoms with Gasteiger partial charge in [-0.25, -0.2) is 8.78 Å². The second kappa shape index (κ2) is 7.90. The average molecular weight is 407 g/mol. The van der Waals surface area contributed by atoms with Gasteiger partial charge in [-0.05, 0) is 71.8 Å². The van der Waals surface area contributed by atoms with Gasteiger partial charge in [0.15, 0.2) is 0 Å². The SMILES string of the molecule is COc1ccc(C(=O)Nc2ccc3c(c2)CCC3)c(-c2ccc(C(C)(F)F)cc2)c1. The fourth-order valence-corrected chi connectivity index (χ4v) is 3.88. The van der Waals surface area contributed by atoms with E-state index >= 15 is 0 Å². The molecule has 3 nitrogen and oxygen atoms in total. The van der Waals surface area contributed by atoms with Gasteiger partial charge in [-0.2, -0.15) is 0 Å². The third-order valence-corrected chi connectivity index (χ3v) is 5.53. The first kappa shape index (κ1) is 20.1. The second-order valence-corrected chi connectivity index (χ2v) is 7.67. The Labute approximate surface area is 174 Å². The molecule has 1 aliphatic rings. The van der Waals surface area contributed by atoms with Gasteiger partial charge in [0.25, 0.3) is 11.8 Å². The minimum absolute atomic E-state index is 0.0710. The molecule has 154 valence electrons. The lowest BCUT2D eigenvalue weighted by atomic mass is 9.96. The lowest BCUT2D eigenvalue weighted by molar-refractivity contribution is 0.0175. The molecule has 0 heterocycles. The lowest BCUT2D eigenvalue weighted by Crippen LogP contribution is -2.13. The van der Waals surface area contributed by atoms with Crippen LogP contribution in [0.15, 0.2) is 60.7 Å². The van der Waals surface area contributed by atoms with Gasteiger partial charge in [-0.1, -0.05) is 30.3 Å². The number of rotatable bonds is 5. The maximum atomic E-state index is 13.6. The number of hydrogen-bond acceptors (Lipinski definition) is 2. The molecule has 0 aliphatic heterocycles. The van der Waals surface area contributed by atoms with Gasteiger partial charge in [-0.15, -0.1) is 0 Å². The molecular weight excluding hydrogens is 384 g/mol. The normalized spacial score (nSPS) is 13.1. The maximum absolute atomic E-state index is 13.6. The van der Waals surface area contributed by atoms with Crippen LogP contribution in [0.2, 0.25) is 0 Å². The predicted molar refractivity (Wildman–Crippen MR) is 114 cm³/mol. The van der Waals surface area contributed by atoms with E-state index in [0.717, 1.165) is 31.9 Å². The number of anilines is 1. The molecule has 3 aromatic rings. The number of methoxy groups -OCH3 is 1. The first-order chi connectivity index (χ1) is 14.3. The summed E-state index contributed by atoms with van der Waals surface area (Å²) in [4.78, 5) is 13.1. The minimum atomic E-state index is -2.92. The summed E-state index contributed by atoms with van der Waals surface area (Å²) in [6.07, 6.45) is 3.25. The molecular formula is C25H23F2NO2. The van der Waals surface area contributed by atoms with Gasteiger partial charge in [0.1, 0.15) is 5.75 Å². The van der Waals surface area contributed by atoms with Crippen molar-refractivity contribution in [2.75, 3.05) is 12.4 Å². The van der Waals surface area contributed by atoms with E-state index in [-0.39, 0.29) is 11.5 Å². The van der Waals surface area contributed by atoms with Crippen LogP contribution in [-0.2, 0) is 18.8 Å². The van der Waals surface area contributed by atoms with E-state index in [1.165, 1.54) is 23.3 Å². The average Bonchev–Trinajstić information content (AvgIpc) is 3.20. The molecule has 4 rings (SSSR count). The molecule has 1 amide bonds. The number of hydrogen-bond donors (Lipinski definition) is 1. The zero-order valence-electron chi connectivity index (χ0n) is 17.0. The quantitative estimate of drug-likeness (QED) is 0.546. The number of amides is 1. The first-order valence-electron chi connectivity index (χ1n) is 9.95. The van der Waals surface area contributed by atoms with Gasteiger partial charge in [0, 0.05) is 23.7 Å². The topological polar surface area (TPSA) is 38.3 Å². The summed E-state index contributed by atoms with van der Waals surface area (Å²) in [7, 11) is 1.55. The minimum Gasteiger partial charge on any atom is -0.497 e.